The van der Waals surface area contributed by atoms with Gasteiger partial charge in [-0.1, -0.05) is 27.7 Å². The molecule has 0 spiro atoms. The number of aromatic nitrogens is 2. The second kappa shape index (κ2) is 9.03. The van der Waals surface area contributed by atoms with Crippen LogP contribution in [0.5, 0.6) is 0 Å². The van der Waals surface area contributed by atoms with E-state index in [2.05, 4.69) is 4.98 Å². The molecule has 154 valence electrons. The van der Waals surface area contributed by atoms with Gasteiger partial charge in [0.15, 0.2) is 0 Å². The number of rotatable bonds is 8. The lowest BCUT2D eigenvalue weighted by atomic mass is 10.1. The summed E-state index contributed by atoms with van der Waals surface area (Å²) >= 11 is 0. The van der Waals surface area contributed by atoms with Crippen molar-refractivity contribution < 1.29 is 18.7 Å². The van der Waals surface area contributed by atoms with E-state index in [0.29, 0.717) is 24.9 Å². The summed E-state index contributed by atoms with van der Waals surface area (Å²) in [5.74, 6) is 0.0915. The summed E-state index contributed by atoms with van der Waals surface area (Å²) in [6, 6.07) is 0. The second-order valence-corrected chi connectivity index (χ2v) is 7.70. The van der Waals surface area contributed by atoms with Crippen LogP contribution in [0.25, 0.3) is 11.1 Å². The van der Waals surface area contributed by atoms with Crippen molar-refractivity contribution in [3.05, 3.63) is 28.0 Å². The van der Waals surface area contributed by atoms with Gasteiger partial charge in [-0.3, -0.25) is 14.2 Å². The molecule has 0 saturated heterocycles. The number of carbonyl (C=O) groups is 2. The number of nitrogens with zero attached hydrogens (tertiary/aromatic N) is 3. The molecule has 0 N–H and O–H groups in total. The molecule has 8 heteroatoms. The fourth-order valence-corrected chi connectivity index (χ4v) is 3.10. The molecule has 0 saturated carbocycles. The van der Waals surface area contributed by atoms with Crippen LogP contribution in [0.1, 0.15) is 50.7 Å². The Hall–Kier alpha value is -2.64. The number of carbonyl (C=O) groups excluding carboxylic acids is 2. The largest absolute Gasteiger partial charge is 0.462 e. The molecule has 0 unspecified atom stereocenters. The van der Waals surface area contributed by atoms with Crippen molar-refractivity contribution in [2.45, 2.75) is 48.1 Å². The molecule has 0 atom stereocenters. The van der Waals surface area contributed by atoms with E-state index >= 15 is 0 Å². The molecule has 0 radical (unpaired) electrons. The Bertz CT molecular complexity index is 900. The predicted molar refractivity (Wildman–Crippen MR) is 105 cm³/mol. The Balaban J connectivity index is 2.40. The van der Waals surface area contributed by atoms with E-state index in [-0.39, 0.29) is 41.5 Å². The molecule has 8 nitrogen and oxygen atoms in total. The number of esters is 1. The van der Waals surface area contributed by atoms with Crippen molar-refractivity contribution in [1.82, 2.24) is 14.5 Å². The van der Waals surface area contributed by atoms with E-state index in [4.69, 9.17) is 9.15 Å². The van der Waals surface area contributed by atoms with Crippen LogP contribution in [0, 0.1) is 18.8 Å². The first-order valence-electron chi connectivity index (χ1n) is 9.59. The summed E-state index contributed by atoms with van der Waals surface area (Å²) in [7, 11) is 0. The first-order chi connectivity index (χ1) is 13.1. The minimum atomic E-state index is -0.636. The molecule has 2 heterocycles. The van der Waals surface area contributed by atoms with Crippen molar-refractivity contribution in [2.24, 2.45) is 11.8 Å². The smallest absolute Gasteiger partial charge is 0.342 e. The van der Waals surface area contributed by atoms with E-state index in [9.17, 15) is 14.4 Å². The normalized spacial score (nSPS) is 11.4. The van der Waals surface area contributed by atoms with Gasteiger partial charge < -0.3 is 14.1 Å². The monoisotopic (exact) mass is 391 g/mol. The summed E-state index contributed by atoms with van der Waals surface area (Å²) in [5.41, 5.74) is -0.361. The van der Waals surface area contributed by atoms with Gasteiger partial charge in [0.1, 0.15) is 29.6 Å². The van der Waals surface area contributed by atoms with Crippen molar-refractivity contribution in [3.63, 3.8) is 0 Å². The zero-order valence-corrected chi connectivity index (χ0v) is 17.4. The highest BCUT2D eigenvalue weighted by Crippen LogP contribution is 2.21. The number of hydrogen-bond donors (Lipinski definition) is 0. The quantitative estimate of drug-likeness (QED) is 0.642. The summed E-state index contributed by atoms with van der Waals surface area (Å²) in [6.45, 7) is 12.7. The maximum absolute atomic E-state index is 13.0. The molecule has 0 aliphatic carbocycles. The third-order valence-electron chi connectivity index (χ3n) is 4.16. The molecule has 0 aliphatic rings. The summed E-state index contributed by atoms with van der Waals surface area (Å²) in [4.78, 5) is 43.9. The fourth-order valence-electron chi connectivity index (χ4n) is 3.10. The molecule has 0 aromatic carbocycles. The zero-order valence-electron chi connectivity index (χ0n) is 17.4. The van der Waals surface area contributed by atoms with Crippen molar-refractivity contribution in [2.75, 3.05) is 19.7 Å². The SMILES string of the molecule is CCOC(=O)c1c(C)oc2ncn(CC(=O)N(CC(C)C)CC(C)C)c(=O)c12. The number of hydrogen-bond acceptors (Lipinski definition) is 6. The Kier molecular flexibility index (Phi) is 6.99. The van der Waals surface area contributed by atoms with Crippen LogP contribution in [0.4, 0.5) is 0 Å². The molecular formula is C20H29N3O5. The van der Waals surface area contributed by atoms with E-state index in [0.717, 1.165) is 0 Å². The Labute approximate surface area is 164 Å². The lowest BCUT2D eigenvalue weighted by Crippen LogP contribution is -2.40. The molecular weight excluding hydrogens is 362 g/mol. The van der Waals surface area contributed by atoms with Gasteiger partial charge in [-0.05, 0) is 25.7 Å². The van der Waals surface area contributed by atoms with Gasteiger partial charge in [0.2, 0.25) is 11.6 Å². The van der Waals surface area contributed by atoms with E-state index in [1.807, 2.05) is 27.7 Å². The minimum absolute atomic E-state index is 0.0468. The summed E-state index contributed by atoms with van der Waals surface area (Å²) < 4.78 is 11.7. The van der Waals surface area contributed by atoms with Crippen LogP contribution in [0.15, 0.2) is 15.5 Å². The van der Waals surface area contributed by atoms with Crippen LogP contribution in [0.3, 0.4) is 0 Å². The number of aryl methyl sites for hydroxylation is 1. The molecule has 0 aliphatic heterocycles. The number of furan rings is 1. The topological polar surface area (TPSA) is 94.6 Å². The van der Waals surface area contributed by atoms with Crippen LogP contribution >= 0.6 is 0 Å². The molecule has 2 rings (SSSR count). The highest BCUT2D eigenvalue weighted by molar-refractivity contribution is 6.03. The van der Waals surface area contributed by atoms with Gasteiger partial charge in [0.05, 0.1) is 6.61 Å². The summed E-state index contributed by atoms with van der Waals surface area (Å²) in [6.07, 6.45) is 1.28. The standard InChI is InChI=1S/C20H29N3O5/c1-7-27-20(26)16-14(6)28-18-17(16)19(25)23(11-21-18)10-15(24)22(8-12(2)3)9-13(4)5/h11-13H,7-10H2,1-6H3. The molecule has 1 amide bonds. The van der Waals surface area contributed by atoms with E-state index in [1.54, 1.807) is 18.7 Å². The molecule has 28 heavy (non-hydrogen) atoms. The Morgan fingerprint density at radius 1 is 1.21 bits per heavy atom. The van der Waals surface area contributed by atoms with Crippen LogP contribution in [-0.2, 0) is 16.1 Å². The molecule has 0 fully saturated rings. The van der Waals surface area contributed by atoms with E-state index in [1.165, 1.54) is 10.9 Å². The van der Waals surface area contributed by atoms with Crippen molar-refractivity contribution >= 4 is 23.0 Å². The van der Waals surface area contributed by atoms with Crippen LogP contribution in [-0.4, -0.2) is 46.0 Å². The minimum Gasteiger partial charge on any atom is -0.462 e. The average Bonchev–Trinajstić information content (AvgIpc) is 2.93. The van der Waals surface area contributed by atoms with Gasteiger partial charge in [-0.2, -0.15) is 0 Å². The number of amides is 1. The Morgan fingerprint density at radius 3 is 2.36 bits per heavy atom. The maximum atomic E-state index is 13.0. The highest BCUT2D eigenvalue weighted by atomic mass is 16.5. The van der Waals surface area contributed by atoms with Gasteiger partial charge in [-0.25, -0.2) is 9.78 Å². The lowest BCUT2D eigenvalue weighted by molar-refractivity contribution is -0.133. The fraction of sp³-hybridized carbons (Fsp3) is 0.600. The Morgan fingerprint density at radius 2 is 1.82 bits per heavy atom. The van der Waals surface area contributed by atoms with Gasteiger partial charge in [0, 0.05) is 13.1 Å². The maximum Gasteiger partial charge on any atom is 0.342 e. The lowest BCUT2D eigenvalue weighted by Gasteiger charge is -2.26. The third-order valence-corrected chi connectivity index (χ3v) is 4.16. The average molecular weight is 391 g/mol. The number of ether oxygens (including phenoxy) is 1. The highest BCUT2D eigenvalue weighted by Gasteiger charge is 2.25. The number of fused-ring (bicyclic) bond motifs is 1. The molecule has 0 bridgehead atoms. The first kappa shape index (κ1) is 21.7. The molecule has 2 aromatic rings. The van der Waals surface area contributed by atoms with E-state index < -0.39 is 11.5 Å². The zero-order chi connectivity index (χ0) is 21.0. The van der Waals surface area contributed by atoms with Gasteiger partial charge in [0.25, 0.3) is 5.56 Å². The molecule has 2 aromatic heterocycles. The van der Waals surface area contributed by atoms with Gasteiger partial charge >= 0.3 is 5.97 Å². The van der Waals surface area contributed by atoms with Gasteiger partial charge in [-0.15, -0.1) is 0 Å². The van der Waals surface area contributed by atoms with Crippen LogP contribution in [0.2, 0.25) is 0 Å². The van der Waals surface area contributed by atoms with Crippen molar-refractivity contribution in [1.29, 1.82) is 0 Å². The first-order valence-corrected chi connectivity index (χ1v) is 9.59. The second-order valence-electron chi connectivity index (χ2n) is 7.70. The summed E-state index contributed by atoms with van der Waals surface area (Å²) in [5, 5.41) is 0.0468. The third kappa shape index (κ3) is 4.79. The predicted octanol–water partition coefficient (Wildman–Crippen LogP) is 2.62. The van der Waals surface area contributed by atoms with Crippen LogP contribution < -0.4 is 5.56 Å². The van der Waals surface area contributed by atoms with Crippen molar-refractivity contribution in [3.8, 4) is 0 Å².